The van der Waals surface area contributed by atoms with Crippen molar-refractivity contribution >= 4 is 17.3 Å². The van der Waals surface area contributed by atoms with Crippen LogP contribution < -0.4 is 10.2 Å². The number of hydrogen-bond donors (Lipinski definition) is 1. The molecule has 0 bridgehead atoms. The Morgan fingerprint density at radius 1 is 0.778 bits per heavy atom. The molecule has 4 aromatic rings. The average molecular weight is 480 g/mol. The fourth-order valence-corrected chi connectivity index (χ4v) is 4.89. The molecule has 36 heavy (non-hydrogen) atoms. The molecule has 1 N–H and O–H groups in total. The van der Waals surface area contributed by atoms with Crippen LogP contribution in [-0.4, -0.2) is 46.8 Å². The van der Waals surface area contributed by atoms with E-state index in [1.807, 2.05) is 48.9 Å². The van der Waals surface area contributed by atoms with Crippen LogP contribution in [0.15, 0.2) is 84.9 Å². The lowest BCUT2D eigenvalue weighted by atomic mass is 10.1. The average Bonchev–Trinajstić information content (AvgIpc) is 3.18. The molecule has 1 aliphatic rings. The summed E-state index contributed by atoms with van der Waals surface area (Å²) < 4.78 is 1.90. The van der Waals surface area contributed by atoms with E-state index in [1.165, 1.54) is 11.3 Å². The molecular weight excluding hydrogens is 446 g/mol. The Labute approximate surface area is 213 Å². The minimum atomic E-state index is -0.119. The van der Waals surface area contributed by atoms with E-state index in [4.69, 9.17) is 0 Å². The molecule has 0 saturated carbocycles. The van der Waals surface area contributed by atoms with Crippen molar-refractivity contribution in [3.05, 3.63) is 113 Å². The molecule has 0 radical (unpaired) electrons. The van der Waals surface area contributed by atoms with Crippen LogP contribution in [-0.2, 0) is 13.1 Å². The normalized spacial score (nSPS) is 14.1. The molecule has 0 spiro atoms. The molecule has 0 atom stereocenters. The van der Waals surface area contributed by atoms with E-state index in [0.29, 0.717) is 12.1 Å². The van der Waals surface area contributed by atoms with Gasteiger partial charge in [0.15, 0.2) is 0 Å². The van der Waals surface area contributed by atoms with Crippen molar-refractivity contribution in [3.8, 4) is 0 Å². The number of nitrogens with zero attached hydrogens (tertiary/aromatic N) is 4. The van der Waals surface area contributed by atoms with Gasteiger partial charge in [-0.3, -0.25) is 14.4 Å². The third-order valence-electron chi connectivity index (χ3n) is 6.90. The number of piperazine rings is 1. The number of benzene rings is 3. The van der Waals surface area contributed by atoms with Crippen LogP contribution in [0.25, 0.3) is 0 Å². The van der Waals surface area contributed by atoms with E-state index >= 15 is 0 Å². The zero-order valence-corrected chi connectivity index (χ0v) is 21.0. The Morgan fingerprint density at radius 2 is 1.36 bits per heavy atom. The Balaban J connectivity index is 1.18. The molecular formula is C30H33N5O. The fraction of sp³-hybridized carbons (Fsp3) is 0.267. The number of hydrogen-bond acceptors (Lipinski definition) is 4. The van der Waals surface area contributed by atoms with Crippen molar-refractivity contribution in [1.82, 2.24) is 14.7 Å². The topological polar surface area (TPSA) is 53.4 Å². The van der Waals surface area contributed by atoms with Crippen LogP contribution in [0, 0.1) is 13.8 Å². The zero-order valence-electron chi connectivity index (χ0n) is 21.0. The van der Waals surface area contributed by atoms with Gasteiger partial charge in [0.2, 0.25) is 0 Å². The summed E-state index contributed by atoms with van der Waals surface area (Å²) >= 11 is 0. The van der Waals surface area contributed by atoms with E-state index in [-0.39, 0.29) is 5.91 Å². The lowest BCUT2D eigenvalue weighted by Crippen LogP contribution is -2.45. The highest BCUT2D eigenvalue weighted by Crippen LogP contribution is 2.22. The number of amides is 1. The van der Waals surface area contributed by atoms with E-state index in [2.05, 4.69) is 74.8 Å². The number of nitrogens with one attached hydrogen (secondary N) is 1. The second kappa shape index (κ2) is 10.8. The summed E-state index contributed by atoms with van der Waals surface area (Å²) in [6.45, 7) is 9.57. The maximum atomic E-state index is 13.1. The van der Waals surface area contributed by atoms with Crippen LogP contribution in [0.5, 0.6) is 0 Å². The molecule has 6 heteroatoms. The Hall–Kier alpha value is -3.90. The summed E-state index contributed by atoms with van der Waals surface area (Å²) in [4.78, 5) is 18.0. The van der Waals surface area contributed by atoms with Gasteiger partial charge in [0.1, 0.15) is 0 Å². The highest BCUT2D eigenvalue weighted by molar-refractivity contribution is 6.05. The quantitative estimate of drug-likeness (QED) is 0.400. The Morgan fingerprint density at radius 3 is 1.97 bits per heavy atom. The van der Waals surface area contributed by atoms with Gasteiger partial charge >= 0.3 is 0 Å². The summed E-state index contributed by atoms with van der Waals surface area (Å²) in [5.74, 6) is -0.119. The van der Waals surface area contributed by atoms with Crippen LogP contribution in [0.2, 0.25) is 0 Å². The van der Waals surface area contributed by atoms with Crippen LogP contribution in [0.3, 0.4) is 0 Å². The lowest BCUT2D eigenvalue weighted by Gasteiger charge is -2.36. The van der Waals surface area contributed by atoms with Crippen molar-refractivity contribution in [1.29, 1.82) is 0 Å². The van der Waals surface area contributed by atoms with Crippen molar-refractivity contribution in [3.63, 3.8) is 0 Å². The lowest BCUT2D eigenvalue weighted by molar-refractivity contribution is 0.102. The highest BCUT2D eigenvalue weighted by atomic mass is 16.1. The van der Waals surface area contributed by atoms with E-state index in [9.17, 15) is 4.79 Å². The van der Waals surface area contributed by atoms with Gasteiger partial charge < -0.3 is 10.2 Å². The fourth-order valence-electron chi connectivity index (χ4n) is 4.89. The van der Waals surface area contributed by atoms with Crippen molar-refractivity contribution in [2.24, 2.45) is 0 Å². The van der Waals surface area contributed by atoms with Gasteiger partial charge in [-0.05, 0) is 49.2 Å². The summed E-state index contributed by atoms with van der Waals surface area (Å²) in [6, 6.07) is 29.0. The van der Waals surface area contributed by atoms with E-state index < -0.39 is 0 Å². The first-order valence-electron chi connectivity index (χ1n) is 12.6. The van der Waals surface area contributed by atoms with Crippen molar-refractivity contribution < 1.29 is 4.79 Å². The van der Waals surface area contributed by atoms with Gasteiger partial charge in [-0.25, -0.2) is 0 Å². The summed E-state index contributed by atoms with van der Waals surface area (Å²) in [6.07, 6.45) is 0. The number of carbonyl (C=O) groups excluding carboxylic acids is 1. The van der Waals surface area contributed by atoms with Gasteiger partial charge in [-0.15, -0.1) is 0 Å². The molecule has 1 saturated heterocycles. The molecule has 1 aromatic heterocycles. The minimum absolute atomic E-state index is 0.119. The predicted molar refractivity (Wildman–Crippen MR) is 146 cm³/mol. The molecule has 0 aliphatic carbocycles. The molecule has 1 aliphatic heterocycles. The summed E-state index contributed by atoms with van der Waals surface area (Å²) in [5, 5.41) is 7.68. The maximum absolute atomic E-state index is 13.1. The van der Waals surface area contributed by atoms with E-state index in [1.54, 1.807) is 0 Å². The largest absolute Gasteiger partial charge is 0.369 e. The van der Waals surface area contributed by atoms with E-state index in [0.717, 1.165) is 55.4 Å². The molecule has 1 fully saturated rings. The zero-order chi connectivity index (χ0) is 24.9. The minimum Gasteiger partial charge on any atom is -0.369 e. The Kier molecular flexibility index (Phi) is 7.14. The third-order valence-corrected chi connectivity index (χ3v) is 6.90. The maximum Gasteiger partial charge on any atom is 0.259 e. The second-order valence-electron chi connectivity index (χ2n) is 9.44. The van der Waals surface area contributed by atoms with Gasteiger partial charge in [0, 0.05) is 49.8 Å². The molecule has 6 nitrogen and oxygen atoms in total. The molecule has 1 amide bonds. The molecule has 5 rings (SSSR count). The molecule has 3 aromatic carbocycles. The van der Waals surface area contributed by atoms with Crippen molar-refractivity contribution in [2.45, 2.75) is 26.9 Å². The Bertz CT molecular complexity index is 1290. The molecule has 184 valence electrons. The standard InChI is InChI=1S/C30H33N5O/c1-23-29(24(2)35(32-23)22-26-11-7-4-8-12-26)30(36)31-27-13-15-28(16-14-27)34-19-17-33(18-20-34)21-25-9-5-3-6-10-25/h3-16H,17-22H2,1-2H3,(H,31,36). The van der Waals surface area contributed by atoms with Gasteiger partial charge in [-0.1, -0.05) is 60.7 Å². The van der Waals surface area contributed by atoms with Gasteiger partial charge in [0.05, 0.1) is 17.8 Å². The predicted octanol–water partition coefficient (Wildman–Crippen LogP) is 5.12. The summed E-state index contributed by atoms with van der Waals surface area (Å²) in [7, 11) is 0. The highest BCUT2D eigenvalue weighted by Gasteiger charge is 2.20. The number of aryl methyl sites for hydroxylation is 1. The third kappa shape index (κ3) is 5.50. The first-order valence-corrected chi connectivity index (χ1v) is 12.6. The SMILES string of the molecule is Cc1nn(Cc2ccccc2)c(C)c1C(=O)Nc1ccc(N2CCN(Cc3ccccc3)CC2)cc1. The molecule has 2 heterocycles. The first kappa shape index (κ1) is 23.8. The molecule has 0 unspecified atom stereocenters. The number of anilines is 2. The smallest absolute Gasteiger partial charge is 0.259 e. The number of rotatable bonds is 7. The van der Waals surface area contributed by atoms with Gasteiger partial charge in [0.25, 0.3) is 5.91 Å². The number of aromatic nitrogens is 2. The van der Waals surface area contributed by atoms with Crippen LogP contribution in [0.1, 0.15) is 32.9 Å². The van der Waals surface area contributed by atoms with Gasteiger partial charge in [-0.2, -0.15) is 5.10 Å². The monoisotopic (exact) mass is 479 g/mol. The van der Waals surface area contributed by atoms with Crippen LogP contribution in [0.4, 0.5) is 11.4 Å². The van der Waals surface area contributed by atoms with Crippen molar-refractivity contribution in [2.75, 3.05) is 36.4 Å². The number of carbonyl (C=O) groups is 1. The summed E-state index contributed by atoms with van der Waals surface area (Å²) in [5.41, 5.74) is 6.76. The van der Waals surface area contributed by atoms with Crippen LogP contribution >= 0.6 is 0 Å². The first-order chi connectivity index (χ1) is 17.6. The second-order valence-corrected chi connectivity index (χ2v) is 9.44.